The van der Waals surface area contributed by atoms with Gasteiger partial charge in [-0.3, -0.25) is 4.31 Å². The third kappa shape index (κ3) is 3.75. The average molecular weight is 450 g/mol. The van der Waals surface area contributed by atoms with Crippen molar-refractivity contribution >= 4 is 54.7 Å². The molecule has 0 unspecified atom stereocenters. The monoisotopic (exact) mass is 448 g/mol. The minimum Gasteiger partial charge on any atom is -0.486 e. The van der Waals surface area contributed by atoms with Crippen molar-refractivity contribution in [2.45, 2.75) is 0 Å². The van der Waals surface area contributed by atoms with E-state index in [1.165, 1.54) is 13.2 Å². The maximum Gasteiger partial charge on any atom is 0.232 e. The number of nitrogens with one attached hydrogen (secondary N) is 1. The van der Waals surface area contributed by atoms with Gasteiger partial charge in [0.2, 0.25) is 15.3 Å². The Balaban J connectivity index is 2.14. The normalized spacial score (nSPS) is 13.4. The van der Waals surface area contributed by atoms with Gasteiger partial charge in [0.15, 0.2) is 11.5 Å². The van der Waals surface area contributed by atoms with Crippen LogP contribution in [0.5, 0.6) is 11.5 Å². The number of rotatable bonds is 4. The van der Waals surface area contributed by atoms with E-state index in [2.05, 4.69) is 31.2 Å². The second-order valence-electron chi connectivity index (χ2n) is 5.18. The molecular weight excluding hydrogens is 436 g/mol. The number of hydrogen-bond acceptors (Lipinski definition) is 7. The SMILES string of the molecule is CN(c1c(Nc2nc(Cl)ncc2Br)ccc2c1OCCO2)S(C)(=O)=O. The van der Waals surface area contributed by atoms with Crippen LogP contribution in [0.3, 0.4) is 0 Å². The van der Waals surface area contributed by atoms with E-state index in [4.69, 9.17) is 21.1 Å². The molecule has 0 radical (unpaired) electrons. The van der Waals surface area contributed by atoms with Crippen LogP contribution in [0, 0.1) is 0 Å². The molecule has 1 aliphatic rings. The van der Waals surface area contributed by atoms with Gasteiger partial charge >= 0.3 is 0 Å². The number of hydrogen-bond donors (Lipinski definition) is 1. The summed E-state index contributed by atoms with van der Waals surface area (Å²) < 4.78 is 37.1. The minimum absolute atomic E-state index is 0.0567. The van der Waals surface area contributed by atoms with Gasteiger partial charge in [-0.25, -0.2) is 13.4 Å². The van der Waals surface area contributed by atoms with Gasteiger partial charge in [0, 0.05) is 13.2 Å². The Morgan fingerprint density at radius 1 is 1.32 bits per heavy atom. The third-order valence-electron chi connectivity index (χ3n) is 3.46. The number of halogens is 2. The molecule has 2 heterocycles. The number of fused-ring (bicyclic) bond motifs is 1. The van der Waals surface area contributed by atoms with E-state index < -0.39 is 10.0 Å². The van der Waals surface area contributed by atoms with Crippen LogP contribution >= 0.6 is 27.5 Å². The van der Waals surface area contributed by atoms with E-state index in [0.717, 1.165) is 10.6 Å². The molecule has 2 aromatic rings. The first-order valence-corrected chi connectivity index (χ1v) is 10.1. The summed E-state index contributed by atoms with van der Waals surface area (Å²) in [6.45, 7) is 0.721. The van der Waals surface area contributed by atoms with Gasteiger partial charge in [0.1, 0.15) is 24.7 Å². The van der Waals surface area contributed by atoms with Crippen LogP contribution in [0.2, 0.25) is 5.28 Å². The molecule has 0 amide bonds. The molecule has 25 heavy (non-hydrogen) atoms. The Bertz CT molecular complexity index is 925. The molecule has 1 N–H and O–H groups in total. The van der Waals surface area contributed by atoms with Crippen molar-refractivity contribution in [2.75, 3.05) is 36.1 Å². The van der Waals surface area contributed by atoms with Crippen LogP contribution in [0.1, 0.15) is 0 Å². The Labute approximate surface area is 158 Å². The number of ether oxygens (including phenoxy) is 2. The van der Waals surface area contributed by atoms with Crippen LogP contribution in [-0.4, -0.2) is 44.9 Å². The van der Waals surface area contributed by atoms with E-state index in [1.807, 2.05) is 0 Å². The van der Waals surface area contributed by atoms with Crippen LogP contribution in [0.15, 0.2) is 22.8 Å². The van der Waals surface area contributed by atoms with Crippen molar-refractivity contribution in [1.29, 1.82) is 0 Å². The van der Waals surface area contributed by atoms with Crippen molar-refractivity contribution < 1.29 is 17.9 Å². The molecule has 0 saturated heterocycles. The van der Waals surface area contributed by atoms with Crippen LogP contribution in [-0.2, 0) is 10.0 Å². The summed E-state index contributed by atoms with van der Waals surface area (Å²) in [6.07, 6.45) is 2.60. The highest BCUT2D eigenvalue weighted by molar-refractivity contribution is 9.10. The first-order valence-electron chi connectivity index (χ1n) is 7.09. The molecule has 0 saturated carbocycles. The minimum atomic E-state index is -3.54. The molecule has 3 rings (SSSR count). The molecule has 8 nitrogen and oxygen atoms in total. The summed E-state index contributed by atoms with van der Waals surface area (Å²) in [6, 6.07) is 3.39. The molecule has 0 fully saturated rings. The van der Waals surface area contributed by atoms with Gasteiger partial charge < -0.3 is 14.8 Å². The second-order valence-corrected chi connectivity index (χ2v) is 8.38. The first-order chi connectivity index (χ1) is 11.8. The Morgan fingerprint density at radius 3 is 2.76 bits per heavy atom. The highest BCUT2D eigenvalue weighted by Crippen LogP contribution is 2.46. The maximum absolute atomic E-state index is 12.1. The number of aromatic nitrogens is 2. The number of nitrogens with zero attached hydrogens (tertiary/aromatic N) is 3. The van der Waals surface area contributed by atoms with Crippen LogP contribution in [0.4, 0.5) is 17.2 Å². The topological polar surface area (TPSA) is 93.7 Å². The molecule has 1 aromatic heterocycles. The van der Waals surface area contributed by atoms with E-state index in [9.17, 15) is 8.42 Å². The van der Waals surface area contributed by atoms with Crippen molar-refractivity contribution in [3.63, 3.8) is 0 Å². The van der Waals surface area contributed by atoms with Crippen molar-refractivity contribution in [3.8, 4) is 11.5 Å². The van der Waals surface area contributed by atoms with Crippen LogP contribution < -0.4 is 19.1 Å². The quantitative estimate of drug-likeness (QED) is 0.717. The highest BCUT2D eigenvalue weighted by Gasteiger charge is 2.27. The molecule has 1 aromatic carbocycles. The van der Waals surface area contributed by atoms with E-state index >= 15 is 0 Å². The van der Waals surface area contributed by atoms with Crippen molar-refractivity contribution in [1.82, 2.24) is 9.97 Å². The van der Waals surface area contributed by atoms with Gasteiger partial charge in [-0.15, -0.1) is 0 Å². The van der Waals surface area contributed by atoms with Crippen molar-refractivity contribution in [3.05, 3.63) is 28.1 Å². The summed E-state index contributed by atoms with van der Waals surface area (Å²) in [5.74, 6) is 1.21. The van der Waals surface area contributed by atoms with E-state index in [1.54, 1.807) is 12.1 Å². The third-order valence-corrected chi connectivity index (χ3v) is 5.40. The summed E-state index contributed by atoms with van der Waals surface area (Å²) in [7, 11) is -2.09. The smallest absolute Gasteiger partial charge is 0.232 e. The summed E-state index contributed by atoms with van der Waals surface area (Å²) in [4.78, 5) is 7.96. The molecule has 1 aliphatic heterocycles. The zero-order valence-corrected chi connectivity index (χ0v) is 16.4. The number of benzene rings is 1. The lowest BCUT2D eigenvalue weighted by Crippen LogP contribution is -2.27. The Hall–Kier alpha value is -1.78. The molecule has 0 aliphatic carbocycles. The fraction of sp³-hybridized carbons (Fsp3) is 0.286. The van der Waals surface area contributed by atoms with Crippen molar-refractivity contribution in [2.24, 2.45) is 0 Å². The standard InChI is InChI=1S/C14H14BrClN4O4S/c1-20(25(2,21)22)11-9(3-4-10-12(11)24-6-5-23-10)18-13-8(15)7-17-14(16)19-13/h3-4,7H,5-6H2,1-2H3,(H,17,18,19). The molecule has 11 heteroatoms. The maximum atomic E-state index is 12.1. The van der Waals surface area contributed by atoms with E-state index in [0.29, 0.717) is 46.4 Å². The molecule has 0 spiro atoms. The predicted molar refractivity (Wildman–Crippen MR) is 98.7 cm³/mol. The zero-order chi connectivity index (χ0) is 18.2. The summed E-state index contributed by atoms with van der Waals surface area (Å²) in [5.41, 5.74) is 0.786. The Kier molecular flexibility index (Phi) is 4.94. The van der Waals surface area contributed by atoms with E-state index in [-0.39, 0.29) is 5.28 Å². The predicted octanol–water partition coefficient (Wildman–Crippen LogP) is 2.80. The molecular formula is C14H14BrClN4O4S. The summed E-state index contributed by atoms with van der Waals surface area (Å²) in [5, 5.41) is 3.12. The molecule has 134 valence electrons. The second kappa shape index (κ2) is 6.85. The average Bonchev–Trinajstić information content (AvgIpc) is 2.56. The highest BCUT2D eigenvalue weighted by atomic mass is 79.9. The van der Waals surface area contributed by atoms with Gasteiger partial charge in [-0.2, -0.15) is 4.98 Å². The first kappa shape index (κ1) is 18.0. The number of anilines is 3. The van der Waals surface area contributed by atoms with Gasteiger partial charge in [-0.1, -0.05) is 0 Å². The van der Waals surface area contributed by atoms with Gasteiger partial charge in [-0.05, 0) is 39.7 Å². The zero-order valence-electron chi connectivity index (χ0n) is 13.3. The summed E-state index contributed by atoms with van der Waals surface area (Å²) >= 11 is 9.17. The lowest BCUT2D eigenvalue weighted by molar-refractivity contribution is 0.172. The lowest BCUT2D eigenvalue weighted by atomic mass is 10.2. The Morgan fingerprint density at radius 2 is 2.04 bits per heavy atom. The fourth-order valence-electron chi connectivity index (χ4n) is 2.24. The van der Waals surface area contributed by atoms with Crippen LogP contribution in [0.25, 0.3) is 0 Å². The van der Waals surface area contributed by atoms with Gasteiger partial charge in [0.25, 0.3) is 0 Å². The lowest BCUT2D eigenvalue weighted by Gasteiger charge is -2.27. The molecule has 0 atom stereocenters. The fourth-order valence-corrected chi connectivity index (χ4v) is 3.18. The molecule has 0 bridgehead atoms. The van der Waals surface area contributed by atoms with Gasteiger partial charge in [0.05, 0.1) is 16.4 Å². The largest absolute Gasteiger partial charge is 0.486 e. The number of sulfonamides is 1.